The van der Waals surface area contributed by atoms with Gasteiger partial charge in [-0.15, -0.1) is 0 Å². The van der Waals surface area contributed by atoms with Crippen LogP contribution in [0.2, 0.25) is 0 Å². The second-order valence-corrected chi connectivity index (χ2v) is 11.2. The van der Waals surface area contributed by atoms with Crippen molar-refractivity contribution in [2.45, 2.75) is 27.1 Å². The zero-order valence-electron chi connectivity index (χ0n) is 24.5. The molecule has 0 heterocycles. The number of amides is 1. The number of rotatable bonds is 11. The molecule has 0 spiro atoms. The minimum absolute atomic E-state index is 0.0345. The summed E-state index contributed by atoms with van der Waals surface area (Å²) in [5.74, 6) is 1.34. The lowest BCUT2D eigenvalue weighted by molar-refractivity contribution is -0.112. The highest BCUT2D eigenvalue weighted by Gasteiger charge is 2.16. The Balaban J connectivity index is 1.30. The van der Waals surface area contributed by atoms with Crippen molar-refractivity contribution in [1.82, 2.24) is 0 Å². The van der Waals surface area contributed by atoms with Crippen molar-refractivity contribution in [3.63, 3.8) is 0 Å². The van der Waals surface area contributed by atoms with Crippen LogP contribution in [0.5, 0.6) is 17.2 Å². The van der Waals surface area contributed by atoms with Gasteiger partial charge in [0.25, 0.3) is 5.91 Å². The van der Waals surface area contributed by atoms with Gasteiger partial charge in [-0.25, -0.2) is 0 Å². The molecule has 220 valence electrons. The Labute approximate surface area is 271 Å². The molecule has 0 fully saturated rings. The molecule has 5 rings (SSSR count). The molecular weight excluding hydrogens is 663 g/mol. The van der Waals surface area contributed by atoms with Crippen LogP contribution in [0.4, 0.5) is 5.69 Å². The molecule has 0 saturated carbocycles. The highest BCUT2D eigenvalue weighted by Crippen LogP contribution is 2.36. The van der Waals surface area contributed by atoms with E-state index in [0.717, 1.165) is 31.0 Å². The average molecular weight is 695 g/mol. The van der Waals surface area contributed by atoms with Gasteiger partial charge >= 0.3 is 0 Å². The number of fused-ring (bicyclic) bond motifs is 1. The van der Waals surface area contributed by atoms with Gasteiger partial charge in [0.2, 0.25) is 0 Å². The monoisotopic (exact) mass is 694 g/mol. The summed E-state index contributed by atoms with van der Waals surface area (Å²) in [6, 6.07) is 35.1. The van der Waals surface area contributed by atoms with Crippen LogP contribution >= 0.6 is 22.6 Å². The van der Waals surface area contributed by atoms with Crippen molar-refractivity contribution in [1.29, 1.82) is 5.26 Å². The summed E-state index contributed by atoms with van der Waals surface area (Å²) in [6.07, 6.45) is 1.55. The molecule has 6 nitrogen and oxygen atoms in total. The summed E-state index contributed by atoms with van der Waals surface area (Å²) in [5, 5.41) is 14.9. The highest BCUT2D eigenvalue weighted by molar-refractivity contribution is 14.1. The summed E-state index contributed by atoms with van der Waals surface area (Å²) in [4.78, 5) is 13.0. The Morgan fingerprint density at radius 1 is 0.886 bits per heavy atom. The average Bonchev–Trinajstić information content (AvgIpc) is 3.04. The first-order valence-corrected chi connectivity index (χ1v) is 15.3. The molecule has 0 aromatic heterocycles. The smallest absolute Gasteiger partial charge is 0.266 e. The van der Waals surface area contributed by atoms with E-state index in [9.17, 15) is 10.1 Å². The molecule has 0 saturated heterocycles. The van der Waals surface area contributed by atoms with Crippen molar-refractivity contribution in [2.24, 2.45) is 0 Å². The Bertz CT molecular complexity index is 1840. The first-order chi connectivity index (χ1) is 21.4. The van der Waals surface area contributed by atoms with Crippen LogP contribution in [-0.2, 0) is 18.0 Å². The Hall–Kier alpha value is -4.81. The summed E-state index contributed by atoms with van der Waals surface area (Å²) < 4.78 is 18.9. The third-order valence-electron chi connectivity index (χ3n) is 7.00. The van der Waals surface area contributed by atoms with E-state index in [4.69, 9.17) is 14.2 Å². The molecule has 1 N–H and O–H groups in total. The van der Waals surface area contributed by atoms with E-state index in [0.29, 0.717) is 48.3 Å². The Morgan fingerprint density at radius 3 is 2.39 bits per heavy atom. The van der Waals surface area contributed by atoms with Gasteiger partial charge in [-0.1, -0.05) is 66.7 Å². The van der Waals surface area contributed by atoms with E-state index >= 15 is 0 Å². The van der Waals surface area contributed by atoms with E-state index in [1.807, 2.05) is 61.5 Å². The summed E-state index contributed by atoms with van der Waals surface area (Å²) in [6.45, 7) is 5.24. The van der Waals surface area contributed by atoms with E-state index in [2.05, 4.69) is 59.1 Å². The highest BCUT2D eigenvalue weighted by atomic mass is 127. The van der Waals surface area contributed by atoms with Crippen molar-refractivity contribution in [3.8, 4) is 23.3 Å². The van der Waals surface area contributed by atoms with E-state index in [1.165, 1.54) is 0 Å². The number of hydrogen-bond donors (Lipinski definition) is 1. The summed E-state index contributed by atoms with van der Waals surface area (Å²) in [5.41, 5.74) is 4.51. The standard InChI is InChI=1S/C37H31IN2O4/c1-3-42-35-21-27(20-34(38)36(35)44-24-33-25(2)13-14-28-11-7-8-12-32(28)33)19-29(22-39)37(41)40-30-15-17-31(18-16-30)43-23-26-9-5-4-6-10-26/h4-21H,3,23-24H2,1-2H3,(H,40,41)/b29-19+. The van der Waals surface area contributed by atoms with Crippen molar-refractivity contribution < 1.29 is 19.0 Å². The van der Waals surface area contributed by atoms with Crippen LogP contribution in [0, 0.1) is 21.8 Å². The molecule has 0 aliphatic rings. The van der Waals surface area contributed by atoms with Gasteiger partial charge in [0.05, 0.1) is 10.2 Å². The first kappa shape index (κ1) is 30.6. The largest absolute Gasteiger partial charge is 0.490 e. The number of benzene rings is 5. The first-order valence-electron chi connectivity index (χ1n) is 14.2. The molecule has 5 aromatic rings. The number of aryl methyl sites for hydroxylation is 1. The molecule has 0 aliphatic carbocycles. The van der Waals surface area contributed by atoms with Gasteiger partial charge in [0.1, 0.15) is 30.6 Å². The molecule has 7 heteroatoms. The van der Waals surface area contributed by atoms with Gasteiger partial charge in [-0.2, -0.15) is 5.26 Å². The van der Waals surface area contributed by atoms with Gasteiger partial charge in [0.15, 0.2) is 11.5 Å². The molecule has 0 radical (unpaired) electrons. The number of nitriles is 1. The fourth-order valence-electron chi connectivity index (χ4n) is 4.74. The van der Waals surface area contributed by atoms with Gasteiger partial charge in [-0.3, -0.25) is 4.79 Å². The quantitative estimate of drug-likeness (QED) is 0.0849. The predicted molar refractivity (Wildman–Crippen MR) is 183 cm³/mol. The zero-order valence-corrected chi connectivity index (χ0v) is 26.6. The van der Waals surface area contributed by atoms with Crippen LogP contribution in [0.1, 0.15) is 29.2 Å². The molecular formula is C37H31IN2O4. The number of anilines is 1. The van der Waals surface area contributed by atoms with E-state index in [1.54, 1.807) is 36.4 Å². The SMILES string of the molecule is CCOc1cc(/C=C(\C#N)C(=O)Nc2ccc(OCc3ccccc3)cc2)cc(I)c1OCc1c(C)ccc2ccccc12. The summed E-state index contributed by atoms with van der Waals surface area (Å²) >= 11 is 2.20. The lowest BCUT2D eigenvalue weighted by atomic mass is 10.0. The number of carbonyl (C=O) groups is 1. The van der Waals surface area contributed by atoms with Crippen LogP contribution in [0.15, 0.2) is 109 Å². The number of nitrogens with one attached hydrogen (secondary N) is 1. The van der Waals surface area contributed by atoms with Gasteiger partial charge in [0, 0.05) is 11.3 Å². The molecule has 0 bridgehead atoms. The number of nitrogens with zero attached hydrogens (tertiary/aromatic N) is 1. The molecule has 1 amide bonds. The van der Waals surface area contributed by atoms with E-state index in [-0.39, 0.29) is 5.57 Å². The maximum atomic E-state index is 13.0. The fraction of sp³-hybridized carbons (Fsp3) is 0.135. The van der Waals surface area contributed by atoms with Crippen LogP contribution in [-0.4, -0.2) is 12.5 Å². The number of carbonyl (C=O) groups excluding carboxylic acids is 1. The van der Waals surface area contributed by atoms with Crippen molar-refractivity contribution >= 4 is 51.0 Å². The number of hydrogen-bond acceptors (Lipinski definition) is 5. The van der Waals surface area contributed by atoms with Crippen molar-refractivity contribution in [3.05, 3.63) is 135 Å². The minimum atomic E-state index is -0.509. The third kappa shape index (κ3) is 7.57. The maximum absolute atomic E-state index is 13.0. The predicted octanol–water partition coefficient (Wildman–Crippen LogP) is 8.86. The Kier molecular flexibility index (Phi) is 10.2. The molecule has 0 atom stereocenters. The van der Waals surface area contributed by atoms with E-state index < -0.39 is 5.91 Å². The molecule has 0 unspecified atom stereocenters. The fourth-order valence-corrected chi connectivity index (χ4v) is 5.53. The number of halogens is 1. The number of ether oxygens (including phenoxy) is 3. The van der Waals surface area contributed by atoms with Crippen LogP contribution in [0.3, 0.4) is 0 Å². The van der Waals surface area contributed by atoms with Crippen molar-refractivity contribution in [2.75, 3.05) is 11.9 Å². The third-order valence-corrected chi connectivity index (χ3v) is 7.81. The topological polar surface area (TPSA) is 80.6 Å². The normalized spacial score (nSPS) is 11.1. The Morgan fingerprint density at radius 2 is 1.64 bits per heavy atom. The molecule has 0 aliphatic heterocycles. The second kappa shape index (κ2) is 14.6. The zero-order chi connectivity index (χ0) is 30.9. The molecule has 5 aromatic carbocycles. The molecule has 44 heavy (non-hydrogen) atoms. The van der Waals surface area contributed by atoms with Crippen LogP contribution in [0.25, 0.3) is 16.8 Å². The van der Waals surface area contributed by atoms with Gasteiger partial charge < -0.3 is 19.5 Å². The minimum Gasteiger partial charge on any atom is -0.490 e. The lowest BCUT2D eigenvalue weighted by Crippen LogP contribution is -2.13. The summed E-state index contributed by atoms with van der Waals surface area (Å²) in [7, 11) is 0. The van der Waals surface area contributed by atoms with Crippen LogP contribution < -0.4 is 19.5 Å². The maximum Gasteiger partial charge on any atom is 0.266 e. The second-order valence-electron chi connectivity index (χ2n) is 10.1. The van der Waals surface area contributed by atoms with Gasteiger partial charge in [-0.05, 0) is 106 Å². The lowest BCUT2D eigenvalue weighted by Gasteiger charge is -2.17.